The van der Waals surface area contributed by atoms with Crippen molar-refractivity contribution in [2.75, 3.05) is 7.11 Å². The number of Topliss-reactive ketones (excluding diaryl/α,β-unsaturated/α-hetero) is 2. The normalized spacial score (nSPS) is 10.4. The van der Waals surface area contributed by atoms with Crippen LogP contribution in [0.4, 0.5) is 0 Å². The lowest BCUT2D eigenvalue weighted by Crippen LogP contribution is -2.20. The standard InChI is InChI=1S/C15H18O4/c1-9(2)11-6-5-10(3)12(7-11)15(18)13(16)8-14(17)19-4/h5-7,9H,8H2,1-4H3. The molecule has 0 spiro atoms. The van der Waals surface area contributed by atoms with Crippen LogP contribution < -0.4 is 0 Å². The molecule has 1 aromatic carbocycles. The number of benzene rings is 1. The summed E-state index contributed by atoms with van der Waals surface area (Å²) in [5.74, 6) is -1.81. The molecule has 0 N–H and O–H groups in total. The Bertz CT molecular complexity index is 515. The van der Waals surface area contributed by atoms with Gasteiger partial charge < -0.3 is 4.74 Å². The van der Waals surface area contributed by atoms with Crippen LogP contribution in [0.1, 0.15) is 47.7 Å². The average molecular weight is 262 g/mol. The van der Waals surface area contributed by atoms with Crippen LogP contribution in [-0.4, -0.2) is 24.6 Å². The van der Waals surface area contributed by atoms with Gasteiger partial charge in [-0.25, -0.2) is 0 Å². The number of aryl methyl sites for hydroxylation is 1. The predicted octanol–water partition coefficient (Wildman–Crippen LogP) is 2.43. The second-order valence-electron chi connectivity index (χ2n) is 4.73. The van der Waals surface area contributed by atoms with E-state index in [-0.39, 0.29) is 5.92 Å². The Kier molecular flexibility index (Phi) is 4.98. The van der Waals surface area contributed by atoms with Gasteiger partial charge in [-0.15, -0.1) is 0 Å². The molecule has 0 atom stereocenters. The highest BCUT2D eigenvalue weighted by Crippen LogP contribution is 2.19. The van der Waals surface area contributed by atoms with Crippen LogP contribution in [0.15, 0.2) is 18.2 Å². The predicted molar refractivity (Wildman–Crippen MR) is 71.2 cm³/mol. The molecule has 1 rings (SSSR count). The molecule has 0 fully saturated rings. The van der Waals surface area contributed by atoms with Gasteiger partial charge in [0.15, 0.2) is 0 Å². The summed E-state index contributed by atoms with van der Waals surface area (Å²) in [6.45, 7) is 5.78. The fourth-order valence-corrected chi connectivity index (χ4v) is 1.68. The summed E-state index contributed by atoms with van der Waals surface area (Å²) in [6.07, 6.45) is -0.513. The molecular weight excluding hydrogens is 244 g/mol. The summed E-state index contributed by atoms with van der Waals surface area (Å²) in [6, 6.07) is 5.47. The first kappa shape index (κ1) is 15.1. The Labute approximate surface area is 112 Å². The Morgan fingerprint density at radius 3 is 2.37 bits per heavy atom. The number of carbonyl (C=O) groups is 3. The van der Waals surface area contributed by atoms with E-state index in [1.807, 2.05) is 26.0 Å². The zero-order valence-corrected chi connectivity index (χ0v) is 11.6. The Morgan fingerprint density at radius 1 is 1.21 bits per heavy atom. The van der Waals surface area contributed by atoms with E-state index in [1.165, 1.54) is 7.11 Å². The van der Waals surface area contributed by atoms with Crippen molar-refractivity contribution in [3.63, 3.8) is 0 Å². The van der Waals surface area contributed by atoms with Gasteiger partial charge in [0.05, 0.1) is 7.11 Å². The smallest absolute Gasteiger partial charge is 0.313 e. The first-order valence-electron chi connectivity index (χ1n) is 6.11. The third kappa shape index (κ3) is 3.74. The van der Waals surface area contributed by atoms with Crippen molar-refractivity contribution in [3.8, 4) is 0 Å². The minimum atomic E-state index is -0.740. The van der Waals surface area contributed by atoms with E-state index < -0.39 is 24.0 Å². The molecule has 19 heavy (non-hydrogen) atoms. The molecule has 0 heterocycles. The number of ketones is 2. The molecule has 4 nitrogen and oxygen atoms in total. The lowest BCUT2D eigenvalue weighted by atomic mass is 9.94. The molecule has 0 unspecified atom stereocenters. The molecule has 0 aliphatic rings. The van der Waals surface area contributed by atoms with E-state index in [9.17, 15) is 14.4 Å². The zero-order valence-electron chi connectivity index (χ0n) is 11.6. The van der Waals surface area contributed by atoms with Gasteiger partial charge in [-0.05, 0) is 30.0 Å². The summed E-state index contributed by atoms with van der Waals surface area (Å²) in [5, 5.41) is 0. The molecule has 4 heteroatoms. The lowest BCUT2D eigenvalue weighted by Gasteiger charge is -2.10. The van der Waals surface area contributed by atoms with E-state index in [2.05, 4.69) is 4.74 Å². The number of hydrogen-bond acceptors (Lipinski definition) is 4. The van der Waals surface area contributed by atoms with Gasteiger partial charge in [0, 0.05) is 5.56 Å². The summed E-state index contributed by atoms with van der Waals surface area (Å²) >= 11 is 0. The van der Waals surface area contributed by atoms with Crippen molar-refractivity contribution in [1.29, 1.82) is 0 Å². The van der Waals surface area contributed by atoms with Gasteiger partial charge in [0.2, 0.25) is 11.6 Å². The van der Waals surface area contributed by atoms with Crippen molar-refractivity contribution in [2.45, 2.75) is 33.1 Å². The summed E-state index contributed by atoms with van der Waals surface area (Å²) < 4.78 is 4.39. The van der Waals surface area contributed by atoms with Crippen LogP contribution in [0.25, 0.3) is 0 Å². The highest BCUT2D eigenvalue weighted by Gasteiger charge is 2.22. The topological polar surface area (TPSA) is 60.4 Å². The molecule has 0 saturated heterocycles. The Hall–Kier alpha value is -1.97. The number of esters is 1. The van der Waals surface area contributed by atoms with Crippen LogP contribution in [0.2, 0.25) is 0 Å². The second-order valence-corrected chi connectivity index (χ2v) is 4.73. The highest BCUT2D eigenvalue weighted by atomic mass is 16.5. The largest absolute Gasteiger partial charge is 0.469 e. The summed E-state index contributed by atoms with van der Waals surface area (Å²) in [4.78, 5) is 34.8. The van der Waals surface area contributed by atoms with Crippen LogP contribution in [0.3, 0.4) is 0 Å². The van der Waals surface area contributed by atoms with Gasteiger partial charge in [-0.1, -0.05) is 26.0 Å². The minimum Gasteiger partial charge on any atom is -0.469 e. The van der Waals surface area contributed by atoms with Crippen molar-refractivity contribution in [3.05, 3.63) is 34.9 Å². The van der Waals surface area contributed by atoms with Crippen LogP contribution in [-0.2, 0) is 14.3 Å². The molecule has 0 aliphatic carbocycles. The van der Waals surface area contributed by atoms with E-state index in [4.69, 9.17) is 0 Å². The van der Waals surface area contributed by atoms with E-state index in [0.717, 1.165) is 11.1 Å². The average Bonchev–Trinajstić information content (AvgIpc) is 2.37. The van der Waals surface area contributed by atoms with Crippen molar-refractivity contribution in [2.24, 2.45) is 0 Å². The SMILES string of the molecule is COC(=O)CC(=O)C(=O)c1cc(C(C)C)ccc1C. The molecule has 102 valence electrons. The Balaban J connectivity index is 3.02. The first-order chi connectivity index (χ1) is 8.86. The van der Waals surface area contributed by atoms with Gasteiger partial charge in [-0.3, -0.25) is 14.4 Å². The second kappa shape index (κ2) is 6.27. The number of rotatable bonds is 5. The molecule has 0 amide bonds. The molecular formula is C15H18O4. The number of methoxy groups -OCH3 is 1. The zero-order chi connectivity index (χ0) is 14.6. The fraction of sp³-hybridized carbons (Fsp3) is 0.400. The number of carbonyl (C=O) groups excluding carboxylic acids is 3. The Morgan fingerprint density at radius 2 is 1.84 bits per heavy atom. The van der Waals surface area contributed by atoms with E-state index in [0.29, 0.717) is 5.56 Å². The summed E-state index contributed by atoms with van der Waals surface area (Å²) in [7, 11) is 1.19. The minimum absolute atomic E-state index is 0.267. The van der Waals surface area contributed by atoms with Gasteiger partial charge in [0.1, 0.15) is 6.42 Å². The van der Waals surface area contributed by atoms with Crippen molar-refractivity contribution < 1.29 is 19.1 Å². The fourth-order valence-electron chi connectivity index (χ4n) is 1.68. The molecule has 0 aliphatic heterocycles. The number of ether oxygens (including phenoxy) is 1. The van der Waals surface area contributed by atoms with Gasteiger partial charge in [0.25, 0.3) is 0 Å². The molecule has 1 aromatic rings. The van der Waals surface area contributed by atoms with Gasteiger partial charge in [-0.2, -0.15) is 0 Å². The van der Waals surface area contributed by atoms with Crippen LogP contribution in [0.5, 0.6) is 0 Å². The molecule has 0 radical (unpaired) electrons. The monoisotopic (exact) mass is 262 g/mol. The maximum atomic E-state index is 12.0. The molecule has 0 bridgehead atoms. The quantitative estimate of drug-likeness (QED) is 0.354. The molecule has 0 aromatic heterocycles. The third-order valence-electron chi connectivity index (χ3n) is 2.96. The van der Waals surface area contributed by atoms with Gasteiger partial charge >= 0.3 is 5.97 Å². The van der Waals surface area contributed by atoms with Crippen LogP contribution >= 0.6 is 0 Å². The van der Waals surface area contributed by atoms with E-state index in [1.54, 1.807) is 13.0 Å². The van der Waals surface area contributed by atoms with E-state index >= 15 is 0 Å². The molecule has 0 saturated carbocycles. The van der Waals surface area contributed by atoms with Crippen molar-refractivity contribution in [1.82, 2.24) is 0 Å². The maximum Gasteiger partial charge on any atom is 0.313 e. The van der Waals surface area contributed by atoms with Crippen LogP contribution in [0, 0.1) is 6.92 Å². The third-order valence-corrected chi connectivity index (χ3v) is 2.96. The first-order valence-corrected chi connectivity index (χ1v) is 6.11. The lowest BCUT2D eigenvalue weighted by molar-refractivity contribution is -0.142. The number of hydrogen-bond donors (Lipinski definition) is 0. The van der Waals surface area contributed by atoms with Crippen molar-refractivity contribution >= 4 is 17.5 Å². The maximum absolute atomic E-state index is 12.0. The highest BCUT2D eigenvalue weighted by molar-refractivity contribution is 6.46. The summed E-state index contributed by atoms with van der Waals surface area (Å²) in [5.41, 5.74) is 2.08.